The smallest absolute Gasteiger partial charge is 0.0543 e. The van der Waals surface area contributed by atoms with Crippen LogP contribution in [0.1, 0.15) is 177 Å². The van der Waals surface area contributed by atoms with Crippen molar-refractivity contribution < 1.29 is 0 Å². The molecule has 17 aromatic carbocycles. The van der Waals surface area contributed by atoms with Gasteiger partial charge in [-0.2, -0.15) is 0 Å². The van der Waals surface area contributed by atoms with E-state index in [0.29, 0.717) is 0 Å². The number of fused-ring (bicyclic) bond motifs is 13. The summed E-state index contributed by atoms with van der Waals surface area (Å²) in [4.78, 5) is 7.72. The monoisotopic (exact) mass is 1800 g/mol. The first-order chi connectivity index (χ1) is 67.1. The second-order valence-electron chi connectivity index (χ2n) is 43.7. The zero-order valence-corrected chi connectivity index (χ0v) is 78.1. The Labute approximate surface area is 824 Å². The summed E-state index contributed by atoms with van der Waals surface area (Å²) in [7, 11) is 0. The minimum absolute atomic E-state index is 0. The summed E-state index contributed by atoms with van der Waals surface area (Å²) in [5, 5.41) is 2.54. The Kier molecular flexibility index (Phi) is 21.2. The predicted molar refractivity (Wildman–Crippen MR) is 585 cm³/mol. The lowest BCUT2D eigenvalue weighted by Crippen LogP contribution is -2.55. The maximum Gasteiger partial charge on any atom is 0.0543 e. The molecular weight excluding hydrogens is 1680 g/mol. The summed E-state index contributed by atoms with van der Waals surface area (Å²) in [5.74, 6) is 10.1. The molecule has 0 heterocycles. The van der Waals surface area contributed by atoms with E-state index in [-0.39, 0.29) is 43.9 Å². The number of nitrogens with zero attached hydrogens (tertiary/aromatic N) is 3. The molecule has 12 bridgehead atoms. The first kappa shape index (κ1) is 86.9. The van der Waals surface area contributed by atoms with Crippen LogP contribution in [0.25, 0.3) is 88.7 Å². The first-order valence-corrected chi connectivity index (χ1v) is 51.5. The molecular formula is C136H127N3. The van der Waals surface area contributed by atoms with Gasteiger partial charge in [-0.25, -0.2) is 0 Å². The number of para-hydroxylation sites is 4. The number of rotatable bonds is 12. The quantitative estimate of drug-likeness (QED) is 0.121. The van der Waals surface area contributed by atoms with Gasteiger partial charge in [-0.3, -0.25) is 0 Å². The van der Waals surface area contributed by atoms with Crippen LogP contribution >= 0.6 is 0 Å². The van der Waals surface area contributed by atoms with Crippen molar-refractivity contribution in [2.24, 2.45) is 71.0 Å². The van der Waals surface area contributed by atoms with Crippen LogP contribution in [0, 0.1) is 71.0 Å². The summed E-state index contributed by atoms with van der Waals surface area (Å²) >= 11 is 0. The highest BCUT2D eigenvalue weighted by Crippen LogP contribution is 2.75. The molecule has 0 N–H and O–H groups in total. The molecule has 139 heavy (non-hydrogen) atoms. The van der Waals surface area contributed by atoms with Crippen molar-refractivity contribution in [3.63, 3.8) is 0 Å². The van der Waals surface area contributed by atoms with E-state index in [2.05, 4.69) is 435 Å². The largest absolute Gasteiger partial charge is 0.309 e. The van der Waals surface area contributed by atoms with Gasteiger partial charge in [-0.05, 0) is 340 Å². The van der Waals surface area contributed by atoms with Crippen molar-refractivity contribution in [2.45, 2.75) is 154 Å². The number of anilines is 9. The van der Waals surface area contributed by atoms with Crippen LogP contribution in [0.4, 0.5) is 51.2 Å². The van der Waals surface area contributed by atoms with Crippen LogP contribution in [0.2, 0.25) is 0 Å². The third-order valence-corrected chi connectivity index (χ3v) is 36.9. The zero-order valence-electron chi connectivity index (χ0n) is 78.1. The van der Waals surface area contributed by atoms with Crippen molar-refractivity contribution in [1.29, 1.82) is 0 Å². The van der Waals surface area contributed by atoms with E-state index in [1.54, 1.807) is 33.4 Å². The molecule has 0 saturated heterocycles. The molecule has 3 nitrogen and oxygen atoms in total. The lowest BCUT2D eigenvalue weighted by molar-refractivity contribution is -0.0399. The van der Waals surface area contributed by atoms with Crippen molar-refractivity contribution in [3.05, 3.63) is 451 Å². The first-order valence-electron chi connectivity index (χ1n) is 51.5. The lowest BCUT2D eigenvalue weighted by Gasteiger charge is -2.61. The maximum absolute atomic E-state index is 2.62. The third-order valence-electron chi connectivity index (χ3n) is 36.9. The van der Waals surface area contributed by atoms with E-state index >= 15 is 0 Å². The molecule has 16 aliphatic carbocycles. The normalized spacial score (nSPS) is 25.3. The standard InChI is InChI=1S/C49H43N.C44H37N.C40H35N.3CH4/c1-48(2)41-18-9-6-16-38(41)39-24-23-36(30-44(39)48)50(45-21-11-8-15-37(45)33-13-4-3-5-14-33)46-22-12-20-43-47(46)40-17-7-10-19-42(40)49(43)34-26-31-25-32(28-34)29-35(49)27-31;1-2-12-32(13-3-1)37-15-7-9-19-41(37)45(36-22-21-31-11-4-5-14-33(31)28-36)42-20-10-18-40-43(42)38-16-6-8-17-39(38)44(40)34-24-29-23-30(26-34)27-35(44)25-29;1-3-12-29(13-4-1)33-16-8-10-20-37(33)41(32-14-5-2-6-15-32)38-21-11-19-36-39(38)34-17-7-9-18-35(34)40(36)30-23-27-22-28(25-30)26-31(40)24-27;;;/h3-24,30-32,34-35H,25-29H2,1-2H3;1-22,28-30,34-35H,23-27H2;1-21,27-28,30-31H,22-26H2;3*1H4. The van der Waals surface area contributed by atoms with Crippen molar-refractivity contribution in [3.8, 4) is 77.9 Å². The Hall–Kier alpha value is -13.6. The SMILES string of the molecule is C.C.C.CC1(C)c2ccccc2-c2ccc(N(c3ccccc3-c3ccccc3)c3cccc4c3-c3ccccc3C43C4CC5CC(C4)CC3C5)cc21.c1ccc(-c2ccccc2N(c2ccc3ccccc3c2)c2cccc3c2-c2ccccc2C32C3CC4CC(C3)CC2C4)cc1.c1ccc(-c2ccccc2N(c2ccccc2)c2cccc3c2-c2ccccc2C32C3CC4CC(C3)CC2C4)cc1. The van der Waals surface area contributed by atoms with Gasteiger partial charge in [0.2, 0.25) is 0 Å². The molecule has 0 atom stereocenters. The van der Waals surface area contributed by atoms with Crippen LogP contribution in [0.15, 0.2) is 406 Å². The Bertz CT molecular complexity index is 7500. The number of hydrogen-bond acceptors (Lipinski definition) is 3. The van der Waals surface area contributed by atoms with E-state index in [1.165, 1.54) is 247 Å². The van der Waals surface area contributed by atoms with Crippen LogP contribution < -0.4 is 14.7 Å². The third kappa shape index (κ3) is 13.0. The minimum atomic E-state index is -0.0811. The van der Waals surface area contributed by atoms with Gasteiger partial charge in [0.05, 0.1) is 34.1 Å². The van der Waals surface area contributed by atoms with Crippen molar-refractivity contribution >= 4 is 62.0 Å². The molecule has 686 valence electrons. The van der Waals surface area contributed by atoms with Crippen LogP contribution in [-0.2, 0) is 21.7 Å². The Balaban J connectivity index is 0.000000110. The Morgan fingerprint density at radius 3 is 0.806 bits per heavy atom. The number of hydrogen-bond donors (Lipinski definition) is 0. The van der Waals surface area contributed by atoms with Crippen LogP contribution in [0.5, 0.6) is 0 Å². The predicted octanol–water partition coefficient (Wildman–Crippen LogP) is 37.0. The van der Waals surface area contributed by atoms with Gasteiger partial charge in [-0.15, -0.1) is 0 Å². The van der Waals surface area contributed by atoms with Crippen LogP contribution in [-0.4, -0.2) is 0 Å². The van der Waals surface area contributed by atoms with Gasteiger partial charge in [0.1, 0.15) is 0 Å². The van der Waals surface area contributed by atoms with Gasteiger partial charge < -0.3 is 14.7 Å². The number of benzene rings is 17. The van der Waals surface area contributed by atoms with Gasteiger partial charge >= 0.3 is 0 Å². The summed E-state index contributed by atoms with van der Waals surface area (Å²) in [6.07, 6.45) is 21.2. The molecule has 3 heteroatoms. The summed E-state index contributed by atoms with van der Waals surface area (Å²) in [5.41, 5.74) is 43.0. The molecule has 33 rings (SSSR count). The maximum atomic E-state index is 2.62. The molecule has 0 amide bonds. The van der Waals surface area contributed by atoms with Crippen LogP contribution in [0.3, 0.4) is 0 Å². The average Bonchev–Trinajstić information content (AvgIpc) is 1.53. The molecule has 0 aromatic heterocycles. The molecule has 12 fully saturated rings. The molecule has 3 spiro atoms. The molecule has 16 aliphatic rings. The van der Waals surface area contributed by atoms with E-state index < -0.39 is 0 Å². The molecule has 0 aliphatic heterocycles. The topological polar surface area (TPSA) is 9.72 Å². The molecule has 0 unspecified atom stereocenters. The van der Waals surface area contributed by atoms with E-state index in [1.807, 2.05) is 0 Å². The van der Waals surface area contributed by atoms with Gasteiger partial charge in [-0.1, -0.05) is 370 Å². The summed E-state index contributed by atoms with van der Waals surface area (Å²) < 4.78 is 0. The Morgan fingerprint density at radius 2 is 0.439 bits per heavy atom. The average molecular weight is 1800 g/mol. The zero-order chi connectivity index (χ0) is 89.7. The second kappa shape index (κ2) is 33.9. The Morgan fingerprint density at radius 1 is 0.180 bits per heavy atom. The fraction of sp³-hybridized carbons (Fsp3) is 0.265. The van der Waals surface area contributed by atoms with E-state index in [0.717, 1.165) is 71.0 Å². The highest BCUT2D eigenvalue weighted by atomic mass is 15.2. The summed E-state index contributed by atoms with van der Waals surface area (Å²) in [6.45, 7) is 4.80. The highest BCUT2D eigenvalue weighted by molar-refractivity contribution is 6.04. The van der Waals surface area contributed by atoms with E-state index in [4.69, 9.17) is 0 Å². The minimum Gasteiger partial charge on any atom is -0.309 e. The molecule has 17 aromatic rings. The fourth-order valence-corrected chi connectivity index (χ4v) is 32.6. The molecule has 0 radical (unpaired) electrons. The highest BCUT2D eigenvalue weighted by Gasteiger charge is 2.66. The molecule has 12 saturated carbocycles. The lowest BCUT2D eigenvalue weighted by atomic mass is 9.43. The van der Waals surface area contributed by atoms with Gasteiger partial charge in [0, 0.05) is 72.1 Å². The van der Waals surface area contributed by atoms with E-state index in [9.17, 15) is 0 Å². The van der Waals surface area contributed by atoms with Crippen molar-refractivity contribution in [1.82, 2.24) is 0 Å². The fourth-order valence-electron chi connectivity index (χ4n) is 32.6. The second-order valence-corrected chi connectivity index (χ2v) is 43.7. The van der Waals surface area contributed by atoms with Gasteiger partial charge in [0.15, 0.2) is 0 Å². The van der Waals surface area contributed by atoms with Gasteiger partial charge in [0.25, 0.3) is 0 Å². The van der Waals surface area contributed by atoms with Crippen molar-refractivity contribution in [2.75, 3.05) is 14.7 Å². The summed E-state index contributed by atoms with van der Waals surface area (Å²) in [6, 6.07) is 153.